The van der Waals surface area contributed by atoms with Crippen LogP contribution in [0.4, 0.5) is 0 Å². The first-order valence-corrected chi connectivity index (χ1v) is 8.90. The second kappa shape index (κ2) is 8.74. The van der Waals surface area contributed by atoms with Crippen LogP contribution in [0.15, 0.2) is 15.6 Å². The fourth-order valence-corrected chi connectivity index (χ4v) is 2.18. The first-order valence-electron chi connectivity index (χ1n) is 7.25. The molecule has 1 aromatic rings. The van der Waals surface area contributed by atoms with Crippen LogP contribution in [-0.2, 0) is 16.6 Å². The number of nitrogens with zero attached hydrogens (tertiary/aromatic N) is 2. The van der Waals surface area contributed by atoms with Gasteiger partial charge in [-0.15, -0.1) is 0 Å². The largest absolute Gasteiger partial charge is 0.359 e. The average molecular weight is 331 g/mol. The standard InChI is InChI=1S/C13H25N5O3S/c1-5-22(19,20)17-7-6-15-13(14-4)16-9-11-8-12(10(2)3)18-21-11/h8,10,17H,5-7,9H2,1-4H3,(H2,14,15,16). The summed E-state index contributed by atoms with van der Waals surface area (Å²) in [4.78, 5) is 4.05. The summed E-state index contributed by atoms with van der Waals surface area (Å²) in [5, 5.41) is 10.1. The Morgan fingerprint density at radius 3 is 2.64 bits per heavy atom. The molecule has 1 heterocycles. The third kappa shape index (κ3) is 6.44. The molecule has 0 atom stereocenters. The number of sulfonamides is 1. The highest BCUT2D eigenvalue weighted by molar-refractivity contribution is 7.89. The summed E-state index contributed by atoms with van der Waals surface area (Å²) in [5.41, 5.74) is 0.911. The zero-order valence-electron chi connectivity index (χ0n) is 13.5. The van der Waals surface area contributed by atoms with E-state index in [0.29, 0.717) is 31.5 Å². The van der Waals surface area contributed by atoms with Crippen molar-refractivity contribution < 1.29 is 12.9 Å². The molecular weight excluding hydrogens is 306 g/mol. The fraction of sp³-hybridized carbons (Fsp3) is 0.692. The van der Waals surface area contributed by atoms with Crippen LogP contribution in [0.5, 0.6) is 0 Å². The average Bonchev–Trinajstić information content (AvgIpc) is 2.95. The van der Waals surface area contributed by atoms with Crippen molar-refractivity contribution in [1.29, 1.82) is 0 Å². The minimum Gasteiger partial charge on any atom is -0.359 e. The van der Waals surface area contributed by atoms with E-state index in [1.54, 1.807) is 14.0 Å². The second-order valence-electron chi connectivity index (χ2n) is 5.02. The van der Waals surface area contributed by atoms with Crippen LogP contribution in [0.2, 0.25) is 0 Å². The third-order valence-electron chi connectivity index (χ3n) is 2.94. The highest BCUT2D eigenvalue weighted by Crippen LogP contribution is 2.13. The van der Waals surface area contributed by atoms with Crippen LogP contribution >= 0.6 is 0 Å². The Morgan fingerprint density at radius 2 is 2.09 bits per heavy atom. The van der Waals surface area contributed by atoms with Gasteiger partial charge < -0.3 is 15.2 Å². The van der Waals surface area contributed by atoms with Gasteiger partial charge in [-0.2, -0.15) is 0 Å². The summed E-state index contributed by atoms with van der Waals surface area (Å²) in [7, 11) is -1.51. The molecule has 0 aliphatic carbocycles. The van der Waals surface area contributed by atoms with Crippen LogP contribution in [0.1, 0.15) is 38.1 Å². The number of aliphatic imine (C=N–C) groups is 1. The Kier molecular flexibility index (Phi) is 7.33. The van der Waals surface area contributed by atoms with Gasteiger partial charge in [0.05, 0.1) is 18.0 Å². The van der Waals surface area contributed by atoms with Crippen molar-refractivity contribution in [1.82, 2.24) is 20.5 Å². The van der Waals surface area contributed by atoms with E-state index in [1.807, 2.05) is 19.9 Å². The molecule has 0 aromatic carbocycles. The Bertz CT molecular complexity index is 580. The number of guanidine groups is 1. The summed E-state index contributed by atoms with van der Waals surface area (Å²) in [6.07, 6.45) is 0. The van der Waals surface area contributed by atoms with Gasteiger partial charge >= 0.3 is 0 Å². The number of hydrogen-bond donors (Lipinski definition) is 3. The summed E-state index contributed by atoms with van der Waals surface area (Å²) in [6.45, 7) is 6.89. The van der Waals surface area contributed by atoms with E-state index in [9.17, 15) is 8.42 Å². The monoisotopic (exact) mass is 331 g/mol. The zero-order valence-corrected chi connectivity index (χ0v) is 14.3. The molecule has 8 nitrogen and oxygen atoms in total. The molecule has 3 N–H and O–H groups in total. The van der Waals surface area contributed by atoms with Crippen molar-refractivity contribution in [3.8, 4) is 0 Å². The maximum absolute atomic E-state index is 11.3. The van der Waals surface area contributed by atoms with E-state index in [4.69, 9.17) is 4.52 Å². The zero-order chi connectivity index (χ0) is 16.6. The number of rotatable bonds is 8. The van der Waals surface area contributed by atoms with Gasteiger partial charge in [0.1, 0.15) is 0 Å². The first kappa shape index (κ1) is 18.4. The minimum atomic E-state index is -3.16. The van der Waals surface area contributed by atoms with E-state index >= 15 is 0 Å². The van der Waals surface area contributed by atoms with Crippen LogP contribution in [0, 0.1) is 0 Å². The van der Waals surface area contributed by atoms with E-state index in [0.717, 1.165) is 11.5 Å². The topological polar surface area (TPSA) is 109 Å². The smallest absolute Gasteiger partial charge is 0.211 e. The Hall–Kier alpha value is -1.61. The molecule has 1 aromatic heterocycles. The normalized spacial score (nSPS) is 12.7. The summed E-state index contributed by atoms with van der Waals surface area (Å²) in [5.74, 6) is 1.68. The number of hydrogen-bond acceptors (Lipinski definition) is 5. The predicted molar refractivity (Wildman–Crippen MR) is 86.3 cm³/mol. The van der Waals surface area contributed by atoms with Gasteiger partial charge in [-0.25, -0.2) is 13.1 Å². The molecule has 0 bridgehead atoms. The molecule has 0 unspecified atom stereocenters. The van der Waals surface area contributed by atoms with E-state index in [2.05, 4.69) is 25.5 Å². The first-order chi connectivity index (χ1) is 10.4. The number of nitrogens with one attached hydrogen (secondary N) is 3. The highest BCUT2D eigenvalue weighted by atomic mass is 32.2. The predicted octanol–water partition coefficient (Wildman–Crippen LogP) is 0.402. The molecule has 0 aliphatic heterocycles. The minimum absolute atomic E-state index is 0.0731. The van der Waals surface area contributed by atoms with E-state index < -0.39 is 10.0 Å². The van der Waals surface area contributed by atoms with Crippen molar-refractivity contribution >= 4 is 16.0 Å². The summed E-state index contributed by atoms with van der Waals surface area (Å²) >= 11 is 0. The van der Waals surface area contributed by atoms with Crippen LogP contribution in [0.3, 0.4) is 0 Å². The van der Waals surface area contributed by atoms with E-state index in [1.165, 1.54) is 0 Å². The molecule has 0 saturated heterocycles. The van der Waals surface area contributed by atoms with Crippen molar-refractivity contribution in [3.63, 3.8) is 0 Å². The van der Waals surface area contributed by atoms with Crippen molar-refractivity contribution in [2.75, 3.05) is 25.9 Å². The van der Waals surface area contributed by atoms with Crippen LogP contribution in [0.25, 0.3) is 0 Å². The Balaban J connectivity index is 2.33. The molecule has 1 rings (SSSR count). The molecular formula is C13H25N5O3S. The van der Waals surface area contributed by atoms with Crippen molar-refractivity contribution in [2.24, 2.45) is 4.99 Å². The summed E-state index contributed by atoms with van der Waals surface area (Å²) < 4.78 is 30.2. The van der Waals surface area contributed by atoms with Gasteiger partial charge in [0.2, 0.25) is 10.0 Å². The molecule has 22 heavy (non-hydrogen) atoms. The SMILES string of the molecule is CCS(=O)(=O)NCCNC(=NC)NCc1cc(C(C)C)no1. The maximum Gasteiger partial charge on any atom is 0.211 e. The van der Waals surface area contributed by atoms with Crippen molar-refractivity contribution in [2.45, 2.75) is 33.2 Å². The fourth-order valence-electron chi connectivity index (χ4n) is 1.57. The molecule has 0 spiro atoms. The lowest BCUT2D eigenvalue weighted by molar-refractivity contribution is 0.372. The lowest BCUT2D eigenvalue weighted by Gasteiger charge is -2.11. The van der Waals surface area contributed by atoms with Gasteiger partial charge in [-0.3, -0.25) is 4.99 Å². The summed E-state index contributed by atoms with van der Waals surface area (Å²) in [6, 6.07) is 1.90. The molecule has 0 amide bonds. The quantitative estimate of drug-likeness (QED) is 0.361. The maximum atomic E-state index is 11.3. The van der Waals surface area contributed by atoms with Gasteiger partial charge in [0.25, 0.3) is 0 Å². The molecule has 0 radical (unpaired) electrons. The lowest BCUT2D eigenvalue weighted by atomic mass is 10.1. The Morgan fingerprint density at radius 1 is 1.36 bits per heavy atom. The molecule has 0 aliphatic rings. The molecule has 0 fully saturated rings. The van der Waals surface area contributed by atoms with Gasteiger partial charge in [-0.1, -0.05) is 19.0 Å². The van der Waals surface area contributed by atoms with Gasteiger partial charge in [-0.05, 0) is 12.8 Å². The highest BCUT2D eigenvalue weighted by Gasteiger charge is 2.08. The van der Waals surface area contributed by atoms with Crippen LogP contribution < -0.4 is 15.4 Å². The van der Waals surface area contributed by atoms with E-state index in [-0.39, 0.29) is 5.75 Å². The van der Waals surface area contributed by atoms with Gasteiger partial charge in [0, 0.05) is 26.2 Å². The lowest BCUT2D eigenvalue weighted by Crippen LogP contribution is -2.41. The molecule has 0 saturated carbocycles. The Labute approximate surface area is 131 Å². The second-order valence-corrected chi connectivity index (χ2v) is 7.12. The number of aromatic nitrogens is 1. The third-order valence-corrected chi connectivity index (χ3v) is 4.35. The van der Waals surface area contributed by atoms with Crippen LogP contribution in [-0.4, -0.2) is 45.4 Å². The van der Waals surface area contributed by atoms with Crippen molar-refractivity contribution in [3.05, 3.63) is 17.5 Å². The molecule has 126 valence electrons. The molecule has 9 heteroatoms. The van der Waals surface area contributed by atoms with Gasteiger partial charge in [0.15, 0.2) is 11.7 Å².